The number of esters is 1. The molecule has 200 valence electrons. The Morgan fingerprint density at radius 1 is 0.971 bits per heavy atom. The van der Waals surface area contributed by atoms with Gasteiger partial charge in [-0.3, -0.25) is 4.79 Å². The van der Waals surface area contributed by atoms with E-state index in [-0.39, 0.29) is 29.3 Å². The van der Waals surface area contributed by atoms with Crippen LogP contribution in [0.1, 0.15) is 71.6 Å². The SMILES string of the molecule is C[C@@]12CCC[C@](C)(C(=O)O[C@@H]3O[C@H](CO)[C@@H](O)[C@H](O)[C@H]3O)[C@H]1CC[C@@]13C[C@@H](CC[C@@H]12)[C@@](O)(CO)C3. The normalized spacial score (nSPS) is 55.7. The van der Waals surface area contributed by atoms with Crippen molar-refractivity contribution in [1.82, 2.24) is 0 Å². The minimum Gasteiger partial charge on any atom is -0.432 e. The molecule has 0 amide bonds. The lowest BCUT2D eigenvalue weighted by molar-refractivity contribution is -0.298. The van der Waals surface area contributed by atoms with Crippen molar-refractivity contribution in [2.24, 2.45) is 34.0 Å². The summed E-state index contributed by atoms with van der Waals surface area (Å²) in [6.07, 6.45) is 0.327. The second-order valence-corrected chi connectivity index (χ2v) is 12.8. The minimum atomic E-state index is -1.62. The third-order valence-corrected chi connectivity index (χ3v) is 11.1. The molecule has 1 aliphatic heterocycles. The highest BCUT2D eigenvalue weighted by atomic mass is 16.7. The molecular weight excluding hydrogens is 456 g/mol. The van der Waals surface area contributed by atoms with Gasteiger partial charge in [-0.05, 0) is 86.9 Å². The highest BCUT2D eigenvalue weighted by Crippen LogP contribution is 2.73. The molecule has 9 nitrogen and oxygen atoms in total. The number of hydrogen-bond acceptors (Lipinski definition) is 9. The first-order valence-electron chi connectivity index (χ1n) is 13.3. The zero-order valence-electron chi connectivity index (χ0n) is 20.8. The summed E-state index contributed by atoms with van der Waals surface area (Å²) >= 11 is 0. The molecule has 5 rings (SSSR count). The summed E-state index contributed by atoms with van der Waals surface area (Å²) in [6.45, 7) is 3.44. The van der Waals surface area contributed by atoms with Gasteiger partial charge in [-0.2, -0.15) is 0 Å². The molecule has 0 aromatic carbocycles. The van der Waals surface area contributed by atoms with E-state index in [2.05, 4.69) is 6.92 Å². The Morgan fingerprint density at radius 2 is 1.71 bits per heavy atom. The van der Waals surface area contributed by atoms with Crippen LogP contribution < -0.4 is 0 Å². The third kappa shape index (κ3) is 3.64. The Bertz CT molecular complexity index is 836. The maximum Gasteiger partial charge on any atom is 0.314 e. The molecule has 4 saturated carbocycles. The van der Waals surface area contributed by atoms with Crippen LogP contribution in [0.15, 0.2) is 0 Å². The van der Waals surface area contributed by atoms with E-state index in [1.54, 1.807) is 0 Å². The summed E-state index contributed by atoms with van der Waals surface area (Å²) in [6, 6.07) is 0. The Labute approximate surface area is 206 Å². The molecule has 2 bridgehead atoms. The van der Waals surface area contributed by atoms with Gasteiger partial charge in [0.05, 0.1) is 24.2 Å². The largest absolute Gasteiger partial charge is 0.432 e. The lowest BCUT2D eigenvalue weighted by Crippen LogP contribution is -2.61. The molecule has 12 atom stereocenters. The van der Waals surface area contributed by atoms with Crippen molar-refractivity contribution < 1.29 is 44.9 Å². The highest BCUT2D eigenvalue weighted by Gasteiger charge is 2.68. The molecular formula is C26H42O9. The Hall–Kier alpha value is -0.810. The van der Waals surface area contributed by atoms with Gasteiger partial charge in [-0.15, -0.1) is 0 Å². The quantitative estimate of drug-likeness (QED) is 0.303. The van der Waals surface area contributed by atoms with Gasteiger partial charge in [0.1, 0.15) is 24.4 Å². The van der Waals surface area contributed by atoms with Crippen LogP contribution in [0.4, 0.5) is 0 Å². The van der Waals surface area contributed by atoms with Crippen LogP contribution in [0, 0.1) is 34.0 Å². The molecule has 1 heterocycles. The summed E-state index contributed by atoms with van der Waals surface area (Å²) in [4.78, 5) is 13.7. The topological polar surface area (TPSA) is 157 Å². The smallest absolute Gasteiger partial charge is 0.314 e. The molecule has 0 unspecified atom stereocenters. The second kappa shape index (κ2) is 8.61. The van der Waals surface area contributed by atoms with E-state index < -0.39 is 54.3 Å². The second-order valence-electron chi connectivity index (χ2n) is 12.8. The van der Waals surface area contributed by atoms with Crippen molar-refractivity contribution in [3.8, 4) is 0 Å². The maximum absolute atomic E-state index is 13.7. The van der Waals surface area contributed by atoms with E-state index in [1.165, 1.54) is 0 Å². The van der Waals surface area contributed by atoms with Gasteiger partial charge in [0.2, 0.25) is 6.29 Å². The van der Waals surface area contributed by atoms with Gasteiger partial charge in [0.15, 0.2) is 0 Å². The van der Waals surface area contributed by atoms with Crippen LogP contribution in [0.2, 0.25) is 0 Å². The fourth-order valence-electron chi connectivity index (χ4n) is 9.46. The van der Waals surface area contributed by atoms with E-state index in [4.69, 9.17) is 9.47 Å². The van der Waals surface area contributed by atoms with Crippen molar-refractivity contribution in [1.29, 1.82) is 0 Å². The summed E-state index contributed by atoms with van der Waals surface area (Å²) < 4.78 is 11.1. The van der Waals surface area contributed by atoms with Crippen molar-refractivity contribution >= 4 is 5.97 Å². The van der Waals surface area contributed by atoms with Gasteiger partial charge in [-0.1, -0.05) is 13.3 Å². The van der Waals surface area contributed by atoms with E-state index in [9.17, 15) is 35.4 Å². The Balaban J connectivity index is 1.38. The number of rotatable bonds is 4. The summed E-state index contributed by atoms with van der Waals surface area (Å²) in [5.74, 6) is 0.0529. The maximum atomic E-state index is 13.7. The molecule has 0 radical (unpaired) electrons. The van der Waals surface area contributed by atoms with Gasteiger partial charge < -0.3 is 40.1 Å². The van der Waals surface area contributed by atoms with E-state index in [0.717, 1.165) is 44.9 Å². The fraction of sp³-hybridized carbons (Fsp3) is 0.962. The monoisotopic (exact) mass is 498 g/mol. The fourth-order valence-corrected chi connectivity index (χ4v) is 9.46. The van der Waals surface area contributed by atoms with Crippen molar-refractivity contribution in [3.05, 3.63) is 0 Å². The molecule has 1 saturated heterocycles. The van der Waals surface area contributed by atoms with Crippen LogP contribution in [0.5, 0.6) is 0 Å². The summed E-state index contributed by atoms with van der Waals surface area (Å²) in [5.41, 5.74) is -1.94. The van der Waals surface area contributed by atoms with Crippen LogP contribution in [0.3, 0.4) is 0 Å². The number of carbonyl (C=O) groups is 1. The minimum absolute atomic E-state index is 0.00886. The number of aliphatic hydroxyl groups excluding tert-OH is 5. The first kappa shape index (κ1) is 25.8. The van der Waals surface area contributed by atoms with Crippen LogP contribution in [0.25, 0.3) is 0 Å². The van der Waals surface area contributed by atoms with Crippen molar-refractivity contribution in [2.45, 2.75) is 108 Å². The van der Waals surface area contributed by atoms with Crippen molar-refractivity contribution in [3.63, 3.8) is 0 Å². The molecule has 6 N–H and O–H groups in total. The van der Waals surface area contributed by atoms with Gasteiger partial charge in [0, 0.05) is 0 Å². The Morgan fingerprint density at radius 3 is 2.40 bits per heavy atom. The molecule has 35 heavy (non-hydrogen) atoms. The lowest BCUT2D eigenvalue weighted by atomic mass is 9.41. The predicted octanol–water partition coefficient (Wildman–Crippen LogP) is 0.466. The standard InChI is InChI=1S/C26H42O9/c1-23-7-3-8-24(2,22(32)35-21-20(31)19(30)18(29)15(11-27)34-21)16(23)6-9-25-10-14(4-5-17(23)25)26(33,12-25)13-28/h14-21,27-31,33H,3-13H2,1-2H3/t14-,15-,16+,17-,18-,19+,20-,21+,23-,24+,25+,26+/m1/s1. The van der Waals surface area contributed by atoms with Crippen molar-refractivity contribution in [2.75, 3.05) is 13.2 Å². The van der Waals surface area contributed by atoms with E-state index in [0.29, 0.717) is 18.8 Å². The number of aliphatic hydroxyl groups is 6. The lowest BCUT2D eigenvalue weighted by Gasteiger charge is -2.63. The van der Waals surface area contributed by atoms with Crippen LogP contribution in [-0.4, -0.2) is 86.1 Å². The number of fused-ring (bicyclic) bond motifs is 3. The number of hydrogen-bond donors (Lipinski definition) is 6. The zero-order chi connectivity index (χ0) is 25.4. The zero-order valence-corrected chi connectivity index (χ0v) is 20.8. The number of carbonyl (C=O) groups excluding carboxylic acids is 1. The average Bonchev–Trinajstić information content (AvgIpc) is 3.04. The molecule has 4 aliphatic carbocycles. The van der Waals surface area contributed by atoms with Crippen LogP contribution in [-0.2, 0) is 14.3 Å². The Kier molecular flexibility index (Phi) is 6.35. The van der Waals surface area contributed by atoms with E-state index >= 15 is 0 Å². The molecule has 0 aromatic rings. The molecule has 5 aliphatic rings. The van der Waals surface area contributed by atoms with Crippen LogP contribution >= 0.6 is 0 Å². The molecule has 0 aromatic heterocycles. The summed E-state index contributed by atoms with van der Waals surface area (Å²) in [5, 5.41) is 61.1. The van der Waals surface area contributed by atoms with Gasteiger partial charge in [0.25, 0.3) is 0 Å². The third-order valence-electron chi connectivity index (χ3n) is 11.1. The molecule has 1 spiro atoms. The van der Waals surface area contributed by atoms with E-state index in [1.807, 2.05) is 6.92 Å². The molecule has 5 fully saturated rings. The highest BCUT2D eigenvalue weighted by molar-refractivity contribution is 5.77. The van der Waals surface area contributed by atoms with Gasteiger partial charge >= 0.3 is 5.97 Å². The number of ether oxygens (including phenoxy) is 2. The van der Waals surface area contributed by atoms with Gasteiger partial charge in [-0.25, -0.2) is 0 Å². The summed E-state index contributed by atoms with van der Waals surface area (Å²) in [7, 11) is 0. The molecule has 9 heteroatoms. The first-order valence-corrected chi connectivity index (χ1v) is 13.3. The first-order chi connectivity index (χ1) is 16.4. The average molecular weight is 499 g/mol. The predicted molar refractivity (Wildman–Crippen MR) is 123 cm³/mol.